The average molecular weight is 300 g/mol. The average Bonchev–Trinajstić information content (AvgIpc) is 3.16. The van der Waals surface area contributed by atoms with Crippen molar-refractivity contribution in [2.75, 3.05) is 19.8 Å². The molecule has 22 heavy (non-hydrogen) atoms. The van der Waals surface area contributed by atoms with Gasteiger partial charge in [-0.2, -0.15) is 0 Å². The van der Waals surface area contributed by atoms with E-state index in [4.69, 9.17) is 4.74 Å². The van der Waals surface area contributed by atoms with Gasteiger partial charge in [0.05, 0.1) is 19.8 Å². The Labute approximate surface area is 129 Å². The highest BCUT2D eigenvalue weighted by atomic mass is 16.5. The van der Waals surface area contributed by atoms with Crippen LogP contribution in [0.3, 0.4) is 0 Å². The van der Waals surface area contributed by atoms with E-state index in [2.05, 4.69) is 21.1 Å². The first-order valence-corrected chi connectivity index (χ1v) is 7.39. The summed E-state index contributed by atoms with van der Waals surface area (Å²) in [5, 5.41) is 0. The molecule has 0 fully saturated rings. The first-order chi connectivity index (χ1) is 10.8. The van der Waals surface area contributed by atoms with Crippen LogP contribution in [0, 0.1) is 5.92 Å². The van der Waals surface area contributed by atoms with E-state index in [1.54, 1.807) is 24.5 Å². The van der Waals surface area contributed by atoms with Crippen molar-refractivity contribution in [3.8, 4) is 0 Å². The largest absolute Gasteiger partial charge is 0.377 e. The third-order valence-corrected chi connectivity index (χ3v) is 3.77. The van der Waals surface area contributed by atoms with Gasteiger partial charge in [-0.3, -0.25) is 4.79 Å². The van der Waals surface area contributed by atoms with Crippen LogP contribution in [-0.2, 0) is 17.8 Å². The molecule has 0 saturated heterocycles. The van der Waals surface area contributed by atoms with Gasteiger partial charge in [-0.25, -0.2) is 4.98 Å². The Morgan fingerprint density at radius 3 is 3.23 bits per heavy atom. The number of hydrogen-bond donors (Lipinski definition) is 1. The van der Waals surface area contributed by atoms with Gasteiger partial charge >= 0.3 is 0 Å². The molecule has 0 aliphatic carbocycles. The molecule has 0 aromatic carbocycles. The van der Waals surface area contributed by atoms with Crippen LogP contribution in [0.25, 0.3) is 0 Å². The molecule has 1 unspecified atom stereocenters. The number of nitrogens with one attached hydrogen (secondary N) is 1. The van der Waals surface area contributed by atoms with Crippen molar-refractivity contribution in [2.45, 2.75) is 13.1 Å². The van der Waals surface area contributed by atoms with E-state index in [0.717, 1.165) is 12.4 Å². The van der Waals surface area contributed by atoms with Crippen molar-refractivity contribution in [3.05, 3.63) is 54.9 Å². The minimum atomic E-state index is -0.00447. The van der Waals surface area contributed by atoms with Gasteiger partial charge in [0.2, 0.25) is 0 Å². The van der Waals surface area contributed by atoms with Gasteiger partial charge in [0.25, 0.3) is 5.91 Å². The fourth-order valence-corrected chi connectivity index (χ4v) is 2.75. The number of aromatic amines is 1. The Bertz CT molecular complexity index is 632. The van der Waals surface area contributed by atoms with Crippen molar-refractivity contribution in [1.29, 1.82) is 0 Å². The van der Waals surface area contributed by atoms with Gasteiger partial charge in [-0.15, -0.1) is 6.58 Å². The van der Waals surface area contributed by atoms with Crippen molar-refractivity contribution in [3.63, 3.8) is 0 Å². The lowest BCUT2D eigenvalue weighted by atomic mass is 10.1. The second kappa shape index (κ2) is 6.62. The fourth-order valence-electron chi connectivity index (χ4n) is 2.75. The lowest BCUT2D eigenvalue weighted by Gasteiger charge is -2.23. The highest BCUT2D eigenvalue weighted by molar-refractivity contribution is 5.92. The highest BCUT2D eigenvalue weighted by Gasteiger charge is 2.26. The molecule has 0 radical (unpaired) electrons. The molecule has 0 bridgehead atoms. The number of hydrogen-bond acceptors (Lipinski definition) is 3. The molecule has 0 spiro atoms. The number of fused-ring (bicyclic) bond motifs is 1. The number of carbonyl (C=O) groups excluding carboxylic acids is 1. The maximum absolute atomic E-state index is 12.6. The number of rotatable bonds is 5. The van der Waals surface area contributed by atoms with Gasteiger partial charge in [-0.05, 0) is 12.1 Å². The van der Waals surface area contributed by atoms with E-state index in [1.165, 1.54) is 0 Å². The highest BCUT2D eigenvalue weighted by Crippen LogP contribution is 2.17. The molecule has 3 heterocycles. The number of H-pyrrole nitrogens is 1. The lowest BCUT2D eigenvalue weighted by Crippen LogP contribution is -2.35. The van der Waals surface area contributed by atoms with Gasteiger partial charge < -0.3 is 19.2 Å². The quantitative estimate of drug-likeness (QED) is 0.675. The van der Waals surface area contributed by atoms with Crippen LogP contribution < -0.4 is 0 Å². The minimum absolute atomic E-state index is 0.00447. The van der Waals surface area contributed by atoms with E-state index in [-0.39, 0.29) is 11.8 Å². The Kier molecular flexibility index (Phi) is 4.39. The van der Waals surface area contributed by atoms with Crippen molar-refractivity contribution in [2.24, 2.45) is 5.92 Å². The fraction of sp³-hybridized carbons (Fsp3) is 0.375. The van der Waals surface area contributed by atoms with Crippen LogP contribution in [-0.4, -0.2) is 45.1 Å². The summed E-state index contributed by atoms with van der Waals surface area (Å²) in [6.07, 6.45) is 7.23. The Morgan fingerprint density at radius 1 is 1.55 bits per heavy atom. The molecular formula is C16H20N4O2. The topological polar surface area (TPSA) is 63.1 Å². The normalized spacial score (nSPS) is 17.8. The first kappa shape index (κ1) is 14.6. The molecule has 1 N–H and O–H groups in total. The van der Waals surface area contributed by atoms with Gasteiger partial charge in [0, 0.05) is 37.6 Å². The molecule has 2 aromatic rings. The zero-order valence-electron chi connectivity index (χ0n) is 12.4. The second-order valence-electron chi connectivity index (χ2n) is 5.46. The molecule has 1 aliphatic heterocycles. The standard InChI is InChI=1S/C16H20N4O2/c1-2-8-22-12-13-9-19-7-6-18-15(19)11-20(10-13)16(21)14-4-3-5-17-14/h2-7,13,17H,1,8-12H2. The number of imidazole rings is 1. The molecule has 1 amide bonds. The second-order valence-corrected chi connectivity index (χ2v) is 5.46. The number of amides is 1. The third kappa shape index (κ3) is 3.12. The predicted octanol–water partition coefficient (Wildman–Crippen LogP) is 1.69. The van der Waals surface area contributed by atoms with E-state index >= 15 is 0 Å². The summed E-state index contributed by atoms with van der Waals surface area (Å²) < 4.78 is 7.69. The van der Waals surface area contributed by atoms with Crippen LogP contribution in [0.4, 0.5) is 0 Å². The zero-order chi connectivity index (χ0) is 15.4. The Morgan fingerprint density at radius 2 is 2.45 bits per heavy atom. The van der Waals surface area contributed by atoms with Gasteiger partial charge in [0.15, 0.2) is 0 Å². The van der Waals surface area contributed by atoms with Gasteiger partial charge in [0.1, 0.15) is 11.5 Å². The van der Waals surface area contributed by atoms with E-state index < -0.39 is 0 Å². The Hall–Kier alpha value is -2.34. The number of carbonyl (C=O) groups is 1. The third-order valence-electron chi connectivity index (χ3n) is 3.77. The number of ether oxygens (including phenoxy) is 1. The molecule has 6 nitrogen and oxygen atoms in total. The molecular weight excluding hydrogens is 280 g/mol. The van der Waals surface area contributed by atoms with Crippen LogP contribution >= 0.6 is 0 Å². The van der Waals surface area contributed by atoms with Crippen molar-refractivity contribution < 1.29 is 9.53 Å². The summed E-state index contributed by atoms with van der Waals surface area (Å²) in [6.45, 7) is 6.75. The minimum Gasteiger partial charge on any atom is -0.377 e. The smallest absolute Gasteiger partial charge is 0.270 e. The maximum atomic E-state index is 12.6. The summed E-state index contributed by atoms with van der Waals surface area (Å²) in [7, 11) is 0. The molecule has 0 saturated carbocycles. The summed E-state index contributed by atoms with van der Waals surface area (Å²) in [6, 6.07) is 3.62. The summed E-state index contributed by atoms with van der Waals surface area (Å²) in [5.41, 5.74) is 0.603. The van der Waals surface area contributed by atoms with Crippen LogP contribution in [0.1, 0.15) is 16.3 Å². The zero-order valence-corrected chi connectivity index (χ0v) is 12.4. The monoisotopic (exact) mass is 300 g/mol. The predicted molar refractivity (Wildman–Crippen MR) is 82.3 cm³/mol. The van der Waals surface area contributed by atoms with Crippen molar-refractivity contribution >= 4 is 5.91 Å². The summed E-state index contributed by atoms with van der Waals surface area (Å²) in [4.78, 5) is 21.8. The Balaban J connectivity index is 1.77. The molecule has 1 aliphatic rings. The number of aromatic nitrogens is 3. The molecule has 6 heteroatoms. The van der Waals surface area contributed by atoms with E-state index in [1.807, 2.05) is 17.2 Å². The SMILES string of the molecule is C=CCOCC1CN(C(=O)c2ccc[nH]2)Cc2nccn2C1. The lowest BCUT2D eigenvalue weighted by molar-refractivity contribution is 0.0633. The first-order valence-electron chi connectivity index (χ1n) is 7.39. The summed E-state index contributed by atoms with van der Waals surface area (Å²) >= 11 is 0. The van der Waals surface area contributed by atoms with Crippen LogP contribution in [0.2, 0.25) is 0 Å². The van der Waals surface area contributed by atoms with E-state index in [0.29, 0.717) is 32.0 Å². The summed E-state index contributed by atoms with van der Waals surface area (Å²) in [5.74, 6) is 1.13. The molecule has 116 valence electrons. The van der Waals surface area contributed by atoms with Crippen LogP contribution in [0.5, 0.6) is 0 Å². The molecule has 1 atom stereocenters. The molecule has 3 rings (SSSR count). The van der Waals surface area contributed by atoms with E-state index in [9.17, 15) is 4.79 Å². The van der Waals surface area contributed by atoms with Crippen molar-refractivity contribution in [1.82, 2.24) is 19.4 Å². The van der Waals surface area contributed by atoms with Crippen LogP contribution in [0.15, 0.2) is 43.4 Å². The number of nitrogens with zero attached hydrogens (tertiary/aromatic N) is 3. The van der Waals surface area contributed by atoms with Gasteiger partial charge in [-0.1, -0.05) is 6.08 Å². The maximum Gasteiger partial charge on any atom is 0.270 e. The molecule has 2 aromatic heterocycles.